The van der Waals surface area contributed by atoms with Gasteiger partial charge in [-0.2, -0.15) is 0 Å². The van der Waals surface area contributed by atoms with Crippen LogP contribution in [-0.2, 0) is 0 Å². The van der Waals surface area contributed by atoms with E-state index in [1.54, 1.807) is 0 Å². The van der Waals surface area contributed by atoms with Gasteiger partial charge >= 0.3 is 0 Å². The van der Waals surface area contributed by atoms with Crippen LogP contribution in [0, 0.1) is 0 Å². The van der Waals surface area contributed by atoms with Crippen LogP contribution in [0.4, 0.5) is 0 Å². The second kappa shape index (κ2) is 5.30. The van der Waals surface area contributed by atoms with E-state index in [-0.39, 0.29) is 10.9 Å². The highest BCUT2D eigenvalue weighted by atomic mass is 16.1. The third-order valence-electron chi connectivity index (χ3n) is 7.28. The van der Waals surface area contributed by atoms with Gasteiger partial charge in [0, 0.05) is 21.5 Å². The van der Waals surface area contributed by atoms with Crippen LogP contribution in [0.2, 0.25) is 0 Å². The van der Waals surface area contributed by atoms with Gasteiger partial charge in [0.1, 0.15) is 0 Å². The first-order valence-electron chi connectivity index (χ1n) is 10.8. The molecule has 0 saturated carbocycles. The molecule has 0 heterocycles. The van der Waals surface area contributed by atoms with E-state index in [0.717, 1.165) is 75.4 Å². The molecular formula is C30H14O2. The molecule has 0 spiro atoms. The minimum absolute atomic E-state index is 0.0854. The lowest BCUT2D eigenvalue weighted by Gasteiger charge is -2.12. The van der Waals surface area contributed by atoms with Gasteiger partial charge < -0.3 is 0 Å². The Bertz CT molecular complexity index is 2020. The molecule has 0 unspecified atom stereocenters. The molecule has 0 fully saturated rings. The smallest absolute Gasteiger partial charge is 0.194 e. The van der Waals surface area contributed by atoms with Crippen LogP contribution in [0.25, 0.3) is 75.4 Å². The number of fused-ring (bicyclic) bond motifs is 8. The van der Waals surface area contributed by atoms with Crippen LogP contribution in [-0.4, -0.2) is 0 Å². The number of hydrogen-bond donors (Lipinski definition) is 0. The Balaban J connectivity index is 1.71. The molecular weight excluding hydrogens is 392 g/mol. The third kappa shape index (κ3) is 1.71. The molecule has 8 aromatic carbocycles. The van der Waals surface area contributed by atoms with Gasteiger partial charge in [0.2, 0.25) is 0 Å². The zero-order chi connectivity index (χ0) is 21.1. The average Bonchev–Trinajstić information content (AvgIpc) is 3.29. The van der Waals surface area contributed by atoms with Crippen LogP contribution in [0.1, 0.15) is 0 Å². The van der Waals surface area contributed by atoms with E-state index in [4.69, 9.17) is 0 Å². The topological polar surface area (TPSA) is 34.1 Å². The molecule has 146 valence electrons. The molecule has 8 aromatic rings. The maximum atomic E-state index is 13.4. The Morgan fingerprint density at radius 3 is 1.19 bits per heavy atom. The summed E-state index contributed by atoms with van der Waals surface area (Å²) in [5.41, 5.74) is 0.171. The summed E-state index contributed by atoms with van der Waals surface area (Å²) in [6.45, 7) is 0. The van der Waals surface area contributed by atoms with Crippen molar-refractivity contribution >= 4 is 75.4 Å². The third-order valence-corrected chi connectivity index (χ3v) is 7.28. The van der Waals surface area contributed by atoms with Gasteiger partial charge in [0.15, 0.2) is 10.9 Å². The van der Waals surface area contributed by atoms with Crippen molar-refractivity contribution < 1.29 is 0 Å². The molecule has 0 atom stereocenters. The summed E-state index contributed by atoms with van der Waals surface area (Å²) < 4.78 is 0. The minimum atomic E-state index is 0.0854. The average molecular weight is 406 g/mol. The standard InChI is InChI=1S/C30H14O2/c31-29-19-7-3-1-5-17(19)23-13-15-9-12-22-26-16(10-11-21(25(15)26)27(23)29)14-24-18-6-2-4-8-20(18)30(32)28(22)24/h1-14H. The molecule has 0 amide bonds. The molecule has 0 aliphatic heterocycles. The molecule has 8 rings (SSSR count). The zero-order valence-electron chi connectivity index (χ0n) is 16.9. The van der Waals surface area contributed by atoms with E-state index in [2.05, 4.69) is 36.4 Å². The van der Waals surface area contributed by atoms with Crippen molar-refractivity contribution in [2.45, 2.75) is 0 Å². The largest absolute Gasteiger partial charge is 0.289 e. The quantitative estimate of drug-likeness (QED) is 0.260. The monoisotopic (exact) mass is 406 g/mol. The molecule has 0 N–H and O–H groups in total. The summed E-state index contributed by atoms with van der Waals surface area (Å²) >= 11 is 0. The lowest BCUT2D eigenvalue weighted by atomic mass is 9.90. The summed E-state index contributed by atoms with van der Waals surface area (Å²) in [5, 5.41) is 13.4. The van der Waals surface area contributed by atoms with Gasteiger partial charge in [-0.25, -0.2) is 0 Å². The first-order valence-corrected chi connectivity index (χ1v) is 10.8. The van der Waals surface area contributed by atoms with Gasteiger partial charge in [-0.15, -0.1) is 0 Å². The number of hydrogen-bond acceptors (Lipinski definition) is 2. The molecule has 2 nitrogen and oxygen atoms in total. The van der Waals surface area contributed by atoms with Crippen LogP contribution in [0.15, 0.2) is 94.5 Å². The number of rotatable bonds is 0. The summed E-state index contributed by atoms with van der Waals surface area (Å²) in [6, 6.07) is 28.3. The highest BCUT2D eigenvalue weighted by Crippen LogP contribution is 2.42. The van der Waals surface area contributed by atoms with Crippen molar-refractivity contribution in [2.75, 3.05) is 0 Å². The van der Waals surface area contributed by atoms with Crippen LogP contribution in [0.5, 0.6) is 0 Å². The van der Waals surface area contributed by atoms with Crippen molar-refractivity contribution in [1.29, 1.82) is 0 Å². The normalized spacial score (nSPS) is 12.6. The zero-order valence-corrected chi connectivity index (χ0v) is 16.9. The Morgan fingerprint density at radius 2 is 0.750 bits per heavy atom. The van der Waals surface area contributed by atoms with Gasteiger partial charge in [-0.1, -0.05) is 72.8 Å². The number of benzene rings is 6. The van der Waals surface area contributed by atoms with Crippen LogP contribution < -0.4 is 10.9 Å². The second-order valence-electron chi connectivity index (χ2n) is 8.77. The molecule has 0 aromatic heterocycles. The second-order valence-corrected chi connectivity index (χ2v) is 8.77. The fourth-order valence-electron chi connectivity index (χ4n) is 5.97. The fraction of sp³-hybridized carbons (Fsp3) is 0. The first-order chi connectivity index (χ1) is 15.7. The van der Waals surface area contributed by atoms with E-state index >= 15 is 0 Å². The molecule has 0 aliphatic rings. The highest BCUT2D eigenvalue weighted by molar-refractivity contribution is 6.36. The summed E-state index contributed by atoms with van der Waals surface area (Å²) in [4.78, 5) is 26.7. The van der Waals surface area contributed by atoms with Gasteiger partial charge in [-0.3, -0.25) is 9.59 Å². The van der Waals surface area contributed by atoms with E-state index in [1.165, 1.54) is 0 Å². The Kier molecular flexibility index (Phi) is 2.71. The van der Waals surface area contributed by atoms with Crippen molar-refractivity contribution in [1.82, 2.24) is 0 Å². The molecule has 2 heteroatoms. The maximum Gasteiger partial charge on any atom is 0.194 e. The van der Waals surface area contributed by atoms with Gasteiger partial charge in [-0.05, 0) is 66.0 Å². The Labute approximate surface area is 180 Å². The van der Waals surface area contributed by atoms with Crippen LogP contribution in [0.3, 0.4) is 0 Å². The summed E-state index contributed by atoms with van der Waals surface area (Å²) in [7, 11) is 0. The maximum absolute atomic E-state index is 13.4. The predicted molar refractivity (Wildman–Crippen MR) is 135 cm³/mol. The van der Waals surface area contributed by atoms with Crippen molar-refractivity contribution in [3.63, 3.8) is 0 Å². The minimum Gasteiger partial charge on any atom is -0.289 e. The summed E-state index contributed by atoms with van der Waals surface area (Å²) in [5.74, 6) is 0. The molecule has 0 radical (unpaired) electrons. The predicted octanol–water partition coefficient (Wildman–Crippen LogP) is 6.79. The van der Waals surface area contributed by atoms with Crippen LogP contribution >= 0.6 is 0 Å². The van der Waals surface area contributed by atoms with E-state index in [9.17, 15) is 9.59 Å². The highest BCUT2D eigenvalue weighted by Gasteiger charge is 2.20. The van der Waals surface area contributed by atoms with Crippen molar-refractivity contribution in [2.24, 2.45) is 0 Å². The molecule has 0 aliphatic carbocycles. The molecule has 0 saturated heterocycles. The Hall–Kier alpha value is -4.30. The first kappa shape index (κ1) is 16.4. The van der Waals surface area contributed by atoms with Gasteiger partial charge in [0.25, 0.3) is 0 Å². The lowest BCUT2D eigenvalue weighted by Crippen LogP contribution is -1.97. The van der Waals surface area contributed by atoms with Crippen molar-refractivity contribution in [3.8, 4) is 0 Å². The lowest BCUT2D eigenvalue weighted by molar-refractivity contribution is 1.80. The Morgan fingerprint density at radius 1 is 0.344 bits per heavy atom. The van der Waals surface area contributed by atoms with Crippen molar-refractivity contribution in [3.05, 3.63) is 105 Å². The molecule has 0 bridgehead atoms. The van der Waals surface area contributed by atoms with E-state index < -0.39 is 0 Å². The van der Waals surface area contributed by atoms with Gasteiger partial charge in [0.05, 0.1) is 0 Å². The molecule has 32 heavy (non-hydrogen) atoms. The fourth-order valence-corrected chi connectivity index (χ4v) is 5.97. The SMILES string of the molecule is O=c1c2ccccc2c2cc3ccc4c5c(=O)c6ccccc6c5cc5ccc(c12)c3c54. The van der Waals surface area contributed by atoms with E-state index in [1.807, 2.05) is 48.5 Å². The van der Waals surface area contributed by atoms with E-state index in [0.29, 0.717) is 0 Å². The summed E-state index contributed by atoms with van der Waals surface area (Å²) in [6.07, 6.45) is 0.